The number of rotatable bonds is 7. The van der Waals surface area contributed by atoms with Crippen molar-refractivity contribution >= 4 is 23.2 Å². The van der Waals surface area contributed by atoms with E-state index < -0.39 is 5.60 Å². The molecule has 0 aliphatic carbocycles. The number of hydrogen-bond acceptors (Lipinski definition) is 4. The Morgan fingerprint density at radius 3 is 2.38 bits per heavy atom. The van der Waals surface area contributed by atoms with Crippen LogP contribution in [-0.4, -0.2) is 21.9 Å². The second-order valence-electron chi connectivity index (χ2n) is 5.84. The van der Waals surface area contributed by atoms with Gasteiger partial charge in [0.15, 0.2) is 0 Å². The minimum atomic E-state index is -0.608. The van der Waals surface area contributed by atoms with Crippen LogP contribution in [0, 0.1) is 0 Å². The Kier molecular flexibility index (Phi) is 5.81. The van der Waals surface area contributed by atoms with Crippen molar-refractivity contribution in [2.45, 2.75) is 25.5 Å². The largest absolute Gasteiger partial charge is 0.457 e. The first kappa shape index (κ1) is 18.7. The highest BCUT2D eigenvalue weighted by Gasteiger charge is 2.33. The van der Waals surface area contributed by atoms with E-state index in [0.717, 1.165) is 12.0 Å². The van der Waals surface area contributed by atoms with Gasteiger partial charge < -0.3 is 9.47 Å². The van der Waals surface area contributed by atoms with Crippen LogP contribution in [0.3, 0.4) is 0 Å². The van der Waals surface area contributed by atoms with Gasteiger partial charge >= 0.3 is 0 Å². The molecule has 1 aromatic heterocycles. The maximum Gasteiger partial charge on any atom is 0.137 e. The highest BCUT2D eigenvalue weighted by molar-refractivity contribution is 6.31. The molecule has 7 heteroatoms. The first-order chi connectivity index (χ1) is 12.6. The minimum Gasteiger partial charge on any atom is -0.457 e. The number of hydrogen-bond donors (Lipinski definition) is 0. The highest BCUT2D eigenvalue weighted by atomic mass is 35.5. The summed E-state index contributed by atoms with van der Waals surface area (Å²) in [5.41, 5.74) is 0.270. The molecule has 0 fully saturated rings. The van der Waals surface area contributed by atoms with Gasteiger partial charge in [0.1, 0.15) is 29.8 Å². The summed E-state index contributed by atoms with van der Waals surface area (Å²) < 4.78 is 13.5. The third kappa shape index (κ3) is 4.01. The Morgan fingerprint density at radius 1 is 1.08 bits per heavy atom. The van der Waals surface area contributed by atoms with Gasteiger partial charge in [0, 0.05) is 17.7 Å². The van der Waals surface area contributed by atoms with Gasteiger partial charge in [0.2, 0.25) is 0 Å². The van der Waals surface area contributed by atoms with E-state index in [9.17, 15) is 0 Å². The molecule has 1 atom stereocenters. The molecule has 3 rings (SSSR count). The SMILES string of the molecule is CC[C@](Cn1cncn1)(OC)c1ccc(Oc2ccc(Cl)cc2)cc1Cl. The van der Waals surface area contributed by atoms with Crippen LogP contribution in [0.1, 0.15) is 18.9 Å². The Hall–Kier alpha value is -2.08. The van der Waals surface area contributed by atoms with Crippen molar-refractivity contribution in [3.05, 3.63) is 70.7 Å². The molecule has 0 N–H and O–H groups in total. The lowest BCUT2D eigenvalue weighted by Gasteiger charge is -2.32. The van der Waals surface area contributed by atoms with Gasteiger partial charge in [-0.25, -0.2) is 9.67 Å². The van der Waals surface area contributed by atoms with Crippen LogP contribution in [0.15, 0.2) is 55.1 Å². The van der Waals surface area contributed by atoms with E-state index in [0.29, 0.717) is 28.1 Å². The number of aromatic nitrogens is 3. The van der Waals surface area contributed by atoms with Crippen molar-refractivity contribution < 1.29 is 9.47 Å². The maximum absolute atomic E-state index is 6.58. The summed E-state index contributed by atoms with van der Waals surface area (Å²) >= 11 is 12.5. The fraction of sp³-hybridized carbons (Fsp3) is 0.263. The molecule has 0 unspecified atom stereocenters. The molecule has 0 saturated carbocycles. The van der Waals surface area contributed by atoms with Crippen molar-refractivity contribution in [1.82, 2.24) is 14.8 Å². The molecule has 0 saturated heterocycles. The second kappa shape index (κ2) is 8.08. The quantitative estimate of drug-likeness (QED) is 0.545. The number of benzene rings is 2. The van der Waals surface area contributed by atoms with E-state index in [1.807, 2.05) is 12.1 Å². The average Bonchev–Trinajstić information content (AvgIpc) is 3.15. The van der Waals surface area contributed by atoms with Crippen LogP contribution in [0.2, 0.25) is 10.0 Å². The Morgan fingerprint density at radius 2 is 1.81 bits per heavy atom. The standard InChI is InChI=1S/C19H19Cl2N3O2/c1-3-19(25-2,11-24-13-22-12-23-24)17-9-8-16(10-18(17)21)26-15-6-4-14(20)5-7-15/h4-10,12-13H,3,11H2,1-2H3/t19-/m1/s1. The molecule has 0 aliphatic rings. The van der Waals surface area contributed by atoms with Gasteiger partial charge in [-0.3, -0.25) is 0 Å². The zero-order chi connectivity index (χ0) is 18.6. The summed E-state index contributed by atoms with van der Waals surface area (Å²) in [4.78, 5) is 3.99. The predicted molar refractivity (Wildman–Crippen MR) is 102 cm³/mol. The Balaban J connectivity index is 1.88. The summed E-state index contributed by atoms with van der Waals surface area (Å²) in [5, 5.41) is 5.41. The van der Waals surface area contributed by atoms with Crippen molar-refractivity contribution in [2.75, 3.05) is 7.11 Å². The van der Waals surface area contributed by atoms with Gasteiger partial charge in [-0.15, -0.1) is 0 Å². The molecule has 0 spiro atoms. The number of nitrogens with zero attached hydrogens (tertiary/aromatic N) is 3. The van der Waals surface area contributed by atoms with Gasteiger partial charge in [0.25, 0.3) is 0 Å². The summed E-state index contributed by atoms with van der Waals surface area (Å²) in [6.45, 7) is 2.56. The molecule has 136 valence electrons. The van der Waals surface area contributed by atoms with Crippen LogP contribution >= 0.6 is 23.2 Å². The number of halogens is 2. The summed E-state index contributed by atoms with van der Waals surface area (Å²) in [7, 11) is 1.68. The normalized spacial score (nSPS) is 13.4. The fourth-order valence-corrected chi connectivity index (χ4v) is 3.32. The lowest BCUT2D eigenvalue weighted by molar-refractivity contribution is -0.0354. The molecular weight excluding hydrogens is 373 g/mol. The molecule has 26 heavy (non-hydrogen) atoms. The first-order valence-corrected chi connectivity index (χ1v) is 8.93. The van der Waals surface area contributed by atoms with Crippen LogP contribution in [0.4, 0.5) is 0 Å². The van der Waals surface area contributed by atoms with Crippen LogP contribution in [0.25, 0.3) is 0 Å². The second-order valence-corrected chi connectivity index (χ2v) is 6.69. The Labute approximate surface area is 162 Å². The van der Waals surface area contributed by atoms with E-state index in [1.165, 1.54) is 6.33 Å². The number of methoxy groups -OCH3 is 1. The monoisotopic (exact) mass is 391 g/mol. The first-order valence-electron chi connectivity index (χ1n) is 8.17. The molecule has 0 bridgehead atoms. The topological polar surface area (TPSA) is 49.2 Å². The third-order valence-corrected chi connectivity index (χ3v) is 4.89. The summed E-state index contributed by atoms with van der Waals surface area (Å²) in [5.74, 6) is 1.33. The van der Waals surface area contributed by atoms with Crippen molar-refractivity contribution in [3.8, 4) is 11.5 Å². The van der Waals surface area contributed by atoms with Crippen LogP contribution in [0.5, 0.6) is 11.5 Å². The number of ether oxygens (including phenoxy) is 2. The smallest absolute Gasteiger partial charge is 0.137 e. The molecule has 0 radical (unpaired) electrons. The molecule has 3 aromatic rings. The van der Waals surface area contributed by atoms with Gasteiger partial charge in [0.05, 0.1) is 11.6 Å². The van der Waals surface area contributed by atoms with Gasteiger partial charge in [-0.1, -0.05) is 36.2 Å². The van der Waals surface area contributed by atoms with Gasteiger partial charge in [-0.05, 0) is 42.8 Å². The summed E-state index contributed by atoms with van der Waals surface area (Å²) in [6, 6.07) is 12.8. The molecule has 1 heterocycles. The van der Waals surface area contributed by atoms with Crippen LogP contribution < -0.4 is 4.74 Å². The van der Waals surface area contributed by atoms with E-state index in [4.69, 9.17) is 32.7 Å². The van der Waals surface area contributed by atoms with Crippen molar-refractivity contribution in [3.63, 3.8) is 0 Å². The molecule has 5 nitrogen and oxygen atoms in total. The van der Waals surface area contributed by atoms with Crippen LogP contribution in [-0.2, 0) is 16.9 Å². The van der Waals surface area contributed by atoms with E-state index in [-0.39, 0.29) is 0 Å². The van der Waals surface area contributed by atoms with E-state index >= 15 is 0 Å². The average molecular weight is 392 g/mol. The lowest BCUT2D eigenvalue weighted by atomic mass is 9.90. The maximum atomic E-state index is 6.58. The minimum absolute atomic E-state index is 0.511. The molecule has 0 amide bonds. The third-order valence-electron chi connectivity index (χ3n) is 4.33. The van der Waals surface area contributed by atoms with E-state index in [1.54, 1.807) is 48.5 Å². The van der Waals surface area contributed by atoms with Crippen molar-refractivity contribution in [2.24, 2.45) is 0 Å². The zero-order valence-electron chi connectivity index (χ0n) is 14.5. The molecule has 2 aromatic carbocycles. The molecular formula is C19H19Cl2N3O2. The predicted octanol–water partition coefficient (Wildman–Crippen LogP) is 5.33. The zero-order valence-corrected chi connectivity index (χ0v) is 16.0. The highest BCUT2D eigenvalue weighted by Crippen LogP contribution is 2.38. The van der Waals surface area contributed by atoms with Gasteiger partial charge in [-0.2, -0.15) is 5.10 Å². The lowest BCUT2D eigenvalue weighted by Crippen LogP contribution is -2.33. The summed E-state index contributed by atoms with van der Waals surface area (Å²) in [6.07, 6.45) is 3.89. The van der Waals surface area contributed by atoms with Crippen molar-refractivity contribution in [1.29, 1.82) is 0 Å². The fourth-order valence-electron chi connectivity index (χ4n) is 2.85. The molecule has 0 aliphatic heterocycles. The Bertz CT molecular complexity index is 848. The van der Waals surface area contributed by atoms with E-state index in [2.05, 4.69) is 17.0 Å².